The van der Waals surface area contributed by atoms with E-state index in [1.165, 1.54) is 13.3 Å². The fourth-order valence-corrected chi connectivity index (χ4v) is 5.24. The third-order valence-corrected chi connectivity index (χ3v) is 7.48. The van der Waals surface area contributed by atoms with Crippen molar-refractivity contribution in [3.8, 4) is 11.5 Å². The maximum Gasteiger partial charge on any atom is 0.249 e. The standard InChI is InChI=1S/C28H32F3N3O5/c1-38-21-2-3-24-23(15-21)26(18(16-29)17-32-24)25(35)4-5-28(27(36)33-37)6-8-34(9-7-28)10-11-39-22-13-19(30)12-20(31)14-22/h2-3,12-15,17,25,35,37H,4-11,16H2,1H3,(H,33,36)/t25-/m1/s1. The molecule has 39 heavy (non-hydrogen) atoms. The average molecular weight is 548 g/mol. The minimum atomic E-state index is -1.07. The number of alkyl halides is 1. The first-order valence-electron chi connectivity index (χ1n) is 12.7. The van der Waals surface area contributed by atoms with Crippen LogP contribution in [-0.2, 0) is 11.5 Å². The number of ether oxygens (including phenoxy) is 2. The zero-order chi connectivity index (χ0) is 28.0. The van der Waals surface area contributed by atoms with Crippen LogP contribution in [0, 0.1) is 17.0 Å². The number of hydrogen-bond acceptors (Lipinski definition) is 7. The number of fused-ring (bicyclic) bond motifs is 1. The minimum absolute atomic E-state index is 0.0985. The highest BCUT2D eigenvalue weighted by atomic mass is 19.1. The summed E-state index contributed by atoms with van der Waals surface area (Å²) in [6, 6.07) is 8.16. The molecule has 3 N–H and O–H groups in total. The van der Waals surface area contributed by atoms with E-state index in [4.69, 9.17) is 9.47 Å². The fourth-order valence-electron chi connectivity index (χ4n) is 5.24. The SMILES string of the molecule is COc1ccc2ncc(CF)c([C@H](O)CCC3(C(=O)NO)CCN(CCOc4cc(F)cc(F)c4)CC3)c2c1. The summed E-state index contributed by atoms with van der Waals surface area (Å²) in [4.78, 5) is 19.1. The molecule has 1 aliphatic rings. The molecule has 1 fully saturated rings. The first kappa shape index (κ1) is 28.6. The lowest BCUT2D eigenvalue weighted by molar-refractivity contribution is -0.143. The van der Waals surface area contributed by atoms with Gasteiger partial charge in [-0.2, -0.15) is 0 Å². The van der Waals surface area contributed by atoms with Crippen LogP contribution >= 0.6 is 0 Å². The summed E-state index contributed by atoms with van der Waals surface area (Å²) in [5.74, 6) is -1.33. The first-order valence-corrected chi connectivity index (χ1v) is 12.7. The van der Waals surface area contributed by atoms with Crippen molar-refractivity contribution in [2.24, 2.45) is 5.41 Å². The van der Waals surface area contributed by atoms with E-state index in [0.717, 1.165) is 18.2 Å². The second kappa shape index (κ2) is 12.6. The molecule has 2 heterocycles. The van der Waals surface area contributed by atoms with E-state index in [0.29, 0.717) is 54.7 Å². The van der Waals surface area contributed by atoms with Gasteiger partial charge in [0.05, 0.1) is 24.1 Å². The molecule has 0 spiro atoms. The number of likely N-dealkylation sites (tertiary alicyclic amines) is 1. The molecule has 3 aromatic rings. The number of methoxy groups -OCH3 is 1. The van der Waals surface area contributed by atoms with Gasteiger partial charge in [-0.15, -0.1) is 0 Å². The number of carbonyl (C=O) groups is 1. The van der Waals surface area contributed by atoms with Crippen molar-refractivity contribution in [2.75, 3.05) is 33.4 Å². The summed E-state index contributed by atoms with van der Waals surface area (Å²) in [5.41, 5.74) is 2.09. The number of carbonyl (C=O) groups excluding carboxylic acids is 1. The number of pyridine rings is 1. The Kier molecular flexibility index (Phi) is 9.26. The van der Waals surface area contributed by atoms with E-state index in [9.17, 15) is 28.3 Å². The number of piperidine rings is 1. The maximum absolute atomic E-state index is 13.9. The molecule has 1 atom stereocenters. The Morgan fingerprint density at radius 2 is 1.87 bits per heavy atom. The molecule has 0 saturated carbocycles. The van der Waals surface area contributed by atoms with Crippen molar-refractivity contribution < 1.29 is 37.8 Å². The Morgan fingerprint density at radius 1 is 1.15 bits per heavy atom. The van der Waals surface area contributed by atoms with Crippen molar-refractivity contribution in [3.05, 3.63) is 65.4 Å². The molecule has 8 nitrogen and oxygen atoms in total. The quantitative estimate of drug-likeness (QED) is 0.240. The van der Waals surface area contributed by atoms with Crippen LogP contribution in [0.4, 0.5) is 13.2 Å². The van der Waals surface area contributed by atoms with Gasteiger partial charge in [-0.1, -0.05) is 0 Å². The summed E-state index contributed by atoms with van der Waals surface area (Å²) in [7, 11) is 1.51. The molecule has 2 aromatic carbocycles. The van der Waals surface area contributed by atoms with Crippen molar-refractivity contribution in [1.82, 2.24) is 15.4 Å². The molecular formula is C28H32F3N3O5. The molecule has 11 heteroatoms. The summed E-state index contributed by atoms with van der Waals surface area (Å²) in [5, 5.41) is 21.2. The third-order valence-electron chi connectivity index (χ3n) is 7.48. The third kappa shape index (κ3) is 6.60. The van der Waals surface area contributed by atoms with Crippen molar-refractivity contribution in [2.45, 2.75) is 38.5 Å². The van der Waals surface area contributed by atoms with E-state index < -0.39 is 35.7 Å². The maximum atomic E-state index is 13.9. The van der Waals surface area contributed by atoms with Crippen molar-refractivity contribution in [1.29, 1.82) is 0 Å². The van der Waals surface area contributed by atoms with Crippen LogP contribution in [0.3, 0.4) is 0 Å². The number of hydroxylamine groups is 1. The van der Waals surface area contributed by atoms with Gasteiger partial charge in [-0.25, -0.2) is 18.7 Å². The Hall–Kier alpha value is -3.41. The predicted octanol–water partition coefficient (Wildman–Crippen LogP) is 4.47. The lowest BCUT2D eigenvalue weighted by Gasteiger charge is -2.40. The number of hydrogen-bond donors (Lipinski definition) is 3. The molecule has 4 rings (SSSR count). The highest BCUT2D eigenvalue weighted by Gasteiger charge is 2.41. The second-order valence-electron chi connectivity index (χ2n) is 9.78. The highest BCUT2D eigenvalue weighted by Crippen LogP contribution is 2.40. The number of rotatable bonds is 11. The Bertz CT molecular complexity index is 1280. The number of halogens is 3. The summed E-state index contributed by atoms with van der Waals surface area (Å²) in [6.45, 7) is 0.882. The zero-order valence-corrected chi connectivity index (χ0v) is 21.6. The van der Waals surface area contributed by atoms with Crippen molar-refractivity contribution >= 4 is 16.8 Å². The number of amides is 1. The molecular weight excluding hydrogens is 515 g/mol. The minimum Gasteiger partial charge on any atom is -0.497 e. The van der Waals surface area contributed by atoms with Crippen LogP contribution in [0.1, 0.15) is 42.9 Å². The van der Waals surface area contributed by atoms with Gasteiger partial charge < -0.3 is 14.6 Å². The Morgan fingerprint density at radius 3 is 2.51 bits per heavy atom. The molecule has 0 unspecified atom stereocenters. The van der Waals surface area contributed by atoms with Crippen molar-refractivity contribution in [3.63, 3.8) is 0 Å². The number of nitrogens with one attached hydrogen (secondary N) is 1. The van der Waals surface area contributed by atoms with Gasteiger partial charge in [0.25, 0.3) is 0 Å². The summed E-state index contributed by atoms with van der Waals surface area (Å²) < 4.78 is 51.4. The second-order valence-corrected chi connectivity index (χ2v) is 9.78. The molecule has 1 amide bonds. The highest BCUT2D eigenvalue weighted by molar-refractivity contribution is 5.85. The lowest BCUT2D eigenvalue weighted by Crippen LogP contribution is -2.49. The van der Waals surface area contributed by atoms with Gasteiger partial charge in [0.1, 0.15) is 36.4 Å². The smallest absolute Gasteiger partial charge is 0.249 e. The molecule has 210 valence electrons. The topological polar surface area (TPSA) is 104 Å². The number of aliphatic hydroxyl groups is 1. The van der Waals surface area contributed by atoms with Gasteiger partial charge >= 0.3 is 0 Å². The van der Waals surface area contributed by atoms with E-state index in [2.05, 4.69) is 9.88 Å². The number of aromatic nitrogens is 1. The van der Waals surface area contributed by atoms with Crippen LogP contribution in [0.25, 0.3) is 10.9 Å². The van der Waals surface area contributed by atoms with E-state index in [-0.39, 0.29) is 30.8 Å². The molecule has 0 aliphatic carbocycles. The Labute approximate surface area is 224 Å². The number of benzene rings is 2. The molecule has 1 aromatic heterocycles. The van der Waals surface area contributed by atoms with Gasteiger partial charge in [0, 0.05) is 41.9 Å². The van der Waals surface area contributed by atoms with Crippen LogP contribution in [0.15, 0.2) is 42.6 Å². The fraction of sp³-hybridized carbons (Fsp3) is 0.429. The Balaban J connectivity index is 1.41. The number of nitrogens with zero attached hydrogens (tertiary/aromatic N) is 2. The van der Waals surface area contributed by atoms with E-state index in [1.54, 1.807) is 23.7 Å². The zero-order valence-electron chi connectivity index (χ0n) is 21.6. The monoisotopic (exact) mass is 547 g/mol. The van der Waals surface area contributed by atoms with Gasteiger partial charge in [-0.3, -0.25) is 19.9 Å². The van der Waals surface area contributed by atoms with Crippen LogP contribution < -0.4 is 15.0 Å². The van der Waals surface area contributed by atoms with Gasteiger partial charge in [-0.05, 0) is 62.5 Å². The molecule has 0 bridgehead atoms. The first-order chi connectivity index (χ1) is 18.8. The summed E-state index contributed by atoms with van der Waals surface area (Å²) in [6.07, 6.45) is 1.55. The van der Waals surface area contributed by atoms with E-state index in [1.807, 2.05) is 0 Å². The molecule has 1 aliphatic heterocycles. The number of aliphatic hydroxyl groups excluding tert-OH is 1. The van der Waals surface area contributed by atoms with Crippen LogP contribution in [0.2, 0.25) is 0 Å². The summed E-state index contributed by atoms with van der Waals surface area (Å²) >= 11 is 0. The van der Waals surface area contributed by atoms with Gasteiger partial charge in [0.15, 0.2) is 0 Å². The van der Waals surface area contributed by atoms with Gasteiger partial charge in [0.2, 0.25) is 5.91 Å². The molecule has 0 radical (unpaired) electrons. The normalized spacial score (nSPS) is 16.2. The van der Waals surface area contributed by atoms with Crippen LogP contribution in [-0.4, -0.2) is 59.5 Å². The largest absolute Gasteiger partial charge is 0.497 e. The lowest BCUT2D eigenvalue weighted by atomic mass is 9.73. The van der Waals surface area contributed by atoms with E-state index >= 15 is 0 Å². The predicted molar refractivity (Wildman–Crippen MR) is 137 cm³/mol. The van der Waals surface area contributed by atoms with Crippen LogP contribution in [0.5, 0.6) is 11.5 Å². The molecule has 1 saturated heterocycles. The average Bonchev–Trinajstić information content (AvgIpc) is 2.94.